The highest BCUT2D eigenvalue weighted by atomic mass is 32.1. The number of nitrogens with one attached hydrogen (secondary N) is 1. The number of rotatable bonds is 5. The molecule has 10 heavy (non-hydrogen) atoms. The van der Waals surface area contributed by atoms with Crippen LogP contribution in [0, 0.1) is 5.92 Å². The molecule has 0 amide bonds. The first-order chi connectivity index (χ1) is 4.63. The van der Waals surface area contributed by atoms with Crippen LogP contribution in [0.3, 0.4) is 0 Å². The van der Waals surface area contributed by atoms with E-state index in [0.29, 0.717) is 5.37 Å². The van der Waals surface area contributed by atoms with Gasteiger partial charge in [-0.25, -0.2) is 0 Å². The average molecular weight is 161 g/mol. The maximum absolute atomic E-state index is 4.21. The van der Waals surface area contributed by atoms with Crippen molar-refractivity contribution in [2.24, 2.45) is 5.92 Å². The first kappa shape index (κ1) is 10.3. The third kappa shape index (κ3) is 8.31. The van der Waals surface area contributed by atoms with Gasteiger partial charge in [0.25, 0.3) is 0 Å². The zero-order valence-corrected chi connectivity index (χ0v) is 8.12. The van der Waals surface area contributed by atoms with Crippen molar-refractivity contribution in [3.8, 4) is 0 Å². The lowest BCUT2D eigenvalue weighted by atomic mass is 10.1. The summed E-state index contributed by atoms with van der Waals surface area (Å²) in [7, 11) is 0. The molecule has 1 unspecified atom stereocenters. The van der Waals surface area contributed by atoms with Crippen LogP contribution in [0.1, 0.15) is 33.6 Å². The lowest BCUT2D eigenvalue weighted by Crippen LogP contribution is -2.21. The van der Waals surface area contributed by atoms with Gasteiger partial charge in [-0.3, -0.25) is 0 Å². The molecule has 62 valence electrons. The molecule has 0 fully saturated rings. The van der Waals surface area contributed by atoms with Crippen LogP contribution in [-0.4, -0.2) is 11.9 Å². The normalized spacial score (nSPS) is 14.1. The van der Waals surface area contributed by atoms with Crippen LogP contribution in [0.25, 0.3) is 0 Å². The number of hydrogen-bond donors (Lipinski definition) is 2. The van der Waals surface area contributed by atoms with Crippen molar-refractivity contribution in [3.63, 3.8) is 0 Å². The standard InChI is InChI=1S/C8H19NS/c1-7(2)5-4-6-9-8(3)10/h7-10H,4-6H2,1-3H3. The van der Waals surface area contributed by atoms with Gasteiger partial charge < -0.3 is 5.32 Å². The Morgan fingerprint density at radius 2 is 1.90 bits per heavy atom. The highest BCUT2D eigenvalue weighted by Crippen LogP contribution is 2.02. The van der Waals surface area contributed by atoms with E-state index >= 15 is 0 Å². The number of thiol groups is 1. The third-order valence-corrected chi connectivity index (χ3v) is 1.58. The SMILES string of the molecule is CC(C)CCCNC(C)S. The molecule has 1 atom stereocenters. The van der Waals surface area contributed by atoms with Gasteiger partial charge in [0, 0.05) is 5.37 Å². The van der Waals surface area contributed by atoms with Gasteiger partial charge in [0.15, 0.2) is 0 Å². The Kier molecular flexibility index (Phi) is 6.24. The highest BCUT2D eigenvalue weighted by molar-refractivity contribution is 7.80. The van der Waals surface area contributed by atoms with Gasteiger partial charge in [-0.2, -0.15) is 12.6 Å². The predicted molar refractivity (Wildman–Crippen MR) is 50.5 cm³/mol. The van der Waals surface area contributed by atoms with Crippen LogP contribution >= 0.6 is 12.6 Å². The summed E-state index contributed by atoms with van der Waals surface area (Å²) in [5.41, 5.74) is 0. The van der Waals surface area contributed by atoms with E-state index in [1.807, 2.05) is 0 Å². The van der Waals surface area contributed by atoms with Gasteiger partial charge >= 0.3 is 0 Å². The molecule has 0 bridgehead atoms. The summed E-state index contributed by atoms with van der Waals surface area (Å²) in [6.45, 7) is 7.66. The molecule has 0 heterocycles. The monoisotopic (exact) mass is 161 g/mol. The Morgan fingerprint density at radius 3 is 2.30 bits per heavy atom. The molecule has 0 saturated carbocycles. The van der Waals surface area contributed by atoms with Crippen LogP contribution in [0.2, 0.25) is 0 Å². The molecule has 2 heteroatoms. The van der Waals surface area contributed by atoms with Crippen LogP contribution in [0.4, 0.5) is 0 Å². The maximum atomic E-state index is 4.21. The summed E-state index contributed by atoms with van der Waals surface area (Å²) in [6.07, 6.45) is 2.58. The molecule has 0 spiro atoms. The summed E-state index contributed by atoms with van der Waals surface area (Å²) in [4.78, 5) is 0. The number of hydrogen-bond acceptors (Lipinski definition) is 2. The lowest BCUT2D eigenvalue weighted by Gasteiger charge is -2.07. The van der Waals surface area contributed by atoms with E-state index in [1.54, 1.807) is 0 Å². The fraction of sp³-hybridized carbons (Fsp3) is 1.00. The molecule has 0 radical (unpaired) electrons. The molecule has 0 aliphatic heterocycles. The summed E-state index contributed by atoms with van der Waals surface area (Å²) < 4.78 is 0. The topological polar surface area (TPSA) is 12.0 Å². The Morgan fingerprint density at radius 1 is 1.30 bits per heavy atom. The van der Waals surface area contributed by atoms with Gasteiger partial charge in [-0.1, -0.05) is 13.8 Å². The molecular formula is C8H19NS. The Labute approximate surface area is 70.0 Å². The van der Waals surface area contributed by atoms with Crippen molar-refractivity contribution in [1.29, 1.82) is 0 Å². The van der Waals surface area contributed by atoms with E-state index in [2.05, 4.69) is 38.7 Å². The van der Waals surface area contributed by atoms with E-state index < -0.39 is 0 Å². The molecule has 0 aliphatic rings. The van der Waals surface area contributed by atoms with E-state index in [9.17, 15) is 0 Å². The van der Waals surface area contributed by atoms with Crippen molar-refractivity contribution in [1.82, 2.24) is 5.32 Å². The van der Waals surface area contributed by atoms with E-state index in [1.165, 1.54) is 12.8 Å². The summed E-state index contributed by atoms with van der Waals surface area (Å²) in [5.74, 6) is 0.831. The van der Waals surface area contributed by atoms with Gasteiger partial charge in [0.05, 0.1) is 0 Å². The first-order valence-corrected chi connectivity index (χ1v) is 4.56. The molecular weight excluding hydrogens is 142 g/mol. The van der Waals surface area contributed by atoms with E-state index in [-0.39, 0.29) is 0 Å². The van der Waals surface area contributed by atoms with Crippen molar-refractivity contribution in [2.45, 2.75) is 39.0 Å². The fourth-order valence-electron chi connectivity index (χ4n) is 0.821. The minimum Gasteiger partial charge on any atom is -0.306 e. The van der Waals surface area contributed by atoms with E-state index in [4.69, 9.17) is 0 Å². The summed E-state index contributed by atoms with van der Waals surface area (Å²) in [5, 5.41) is 3.60. The molecule has 1 N–H and O–H groups in total. The fourth-order valence-corrected chi connectivity index (χ4v) is 0.950. The van der Waals surface area contributed by atoms with Gasteiger partial charge in [0.2, 0.25) is 0 Å². The minimum absolute atomic E-state index is 0.340. The first-order valence-electron chi connectivity index (χ1n) is 4.04. The van der Waals surface area contributed by atoms with Crippen molar-refractivity contribution < 1.29 is 0 Å². The zero-order valence-electron chi connectivity index (χ0n) is 7.22. The van der Waals surface area contributed by atoms with E-state index in [0.717, 1.165) is 12.5 Å². The second kappa shape index (κ2) is 6.05. The van der Waals surface area contributed by atoms with Gasteiger partial charge in [-0.15, -0.1) is 0 Å². The predicted octanol–water partition coefficient (Wildman–Crippen LogP) is 2.29. The second-order valence-corrected chi connectivity index (χ2v) is 3.94. The largest absolute Gasteiger partial charge is 0.306 e. The second-order valence-electron chi connectivity index (χ2n) is 3.17. The van der Waals surface area contributed by atoms with Crippen molar-refractivity contribution in [3.05, 3.63) is 0 Å². The van der Waals surface area contributed by atoms with Crippen LogP contribution in [-0.2, 0) is 0 Å². The Balaban J connectivity index is 2.91. The molecule has 0 rings (SSSR count). The molecule has 0 aromatic rings. The average Bonchev–Trinajstić information content (AvgIpc) is 1.79. The van der Waals surface area contributed by atoms with Crippen molar-refractivity contribution in [2.75, 3.05) is 6.54 Å². The van der Waals surface area contributed by atoms with Gasteiger partial charge in [-0.05, 0) is 32.2 Å². The quantitative estimate of drug-likeness (QED) is 0.358. The Hall–Kier alpha value is 0.310. The van der Waals surface area contributed by atoms with Crippen molar-refractivity contribution >= 4 is 12.6 Å². The van der Waals surface area contributed by atoms with Gasteiger partial charge in [0.1, 0.15) is 0 Å². The van der Waals surface area contributed by atoms with Crippen LogP contribution in [0.5, 0.6) is 0 Å². The maximum Gasteiger partial charge on any atom is 0.0473 e. The molecule has 0 aromatic carbocycles. The molecule has 0 aliphatic carbocycles. The molecule has 0 aromatic heterocycles. The summed E-state index contributed by atoms with van der Waals surface area (Å²) in [6, 6.07) is 0. The minimum atomic E-state index is 0.340. The smallest absolute Gasteiger partial charge is 0.0473 e. The highest BCUT2D eigenvalue weighted by Gasteiger charge is 1.94. The molecule has 0 saturated heterocycles. The summed E-state index contributed by atoms with van der Waals surface area (Å²) >= 11 is 4.21. The molecule has 1 nitrogen and oxygen atoms in total. The zero-order chi connectivity index (χ0) is 7.98. The van der Waals surface area contributed by atoms with Crippen LogP contribution in [0.15, 0.2) is 0 Å². The Bertz CT molecular complexity index is 61.7. The lowest BCUT2D eigenvalue weighted by molar-refractivity contribution is 0.527. The van der Waals surface area contributed by atoms with Crippen LogP contribution < -0.4 is 5.32 Å². The third-order valence-electron chi connectivity index (χ3n) is 1.40.